The van der Waals surface area contributed by atoms with Gasteiger partial charge in [-0.25, -0.2) is 0 Å². The number of hydrogen-bond acceptors (Lipinski definition) is 6. The van der Waals surface area contributed by atoms with Gasteiger partial charge in [-0.05, 0) is 0 Å². The van der Waals surface area contributed by atoms with Crippen LogP contribution in [0.15, 0.2) is 0 Å². The van der Waals surface area contributed by atoms with Gasteiger partial charge in [-0.3, -0.25) is 4.90 Å². The average molecular weight is 267 g/mol. The fourth-order valence-electron chi connectivity index (χ4n) is 1.71. The molecule has 1 aliphatic heterocycles. The van der Waals surface area contributed by atoms with E-state index in [9.17, 15) is 13.2 Å². The molecule has 0 atom stereocenters. The van der Waals surface area contributed by atoms with E-state index in [1.165, 1.54) is 16.4 Å². The first-order valence-electron chi connectivity index (χ1n) is 5.07. The first-order valence-corrected chi connectivity index (χ1v) is 5.84. The van der Waals surface area contributed by atoms with Crippen molar-refractivity contribution in [3.63, 3.8) is 0 Å². The number of halogens is 3. The molecule has 9 heteroatoms. The molecule has 96 valence electrons. The highest BCUT2D eigenvalue weighted by Gasteiger charge is 2.32. The number of aromatic nitrogens is 2. The zero-order valence-electron chi connectivity index (χ0n) is 8.94. The van der Waals surface area contributed by atoms with Gasteiger partial charge in [-0.15, -0.1) is 0 Å². The topological polar surface area (TPSA) is 58.3 Å². The molecule has 2 rings (SSSR count). The predicted octanol–water partition coefficient (Wildman–Crippen LogP) is 0.805. The van der Waals surface area contributed by atoms with Gasteiger partial charge in [0.15, 0.2) is 0 Å². The van der Waals surface area contributed by atoms with Crippen LogP contribution in [0.4, 0.5) is 24.3 Å². The summed E-state index contributed by atoms with van der Waals surface area (Å²) in [5.41, 5.74) is 5.40. The maximum Gasteiger partial charge on any atom is 0.401 e. The highest BCUT2D eigenvalue weighted by atomic mass is 32.1. The summed E-state index contributed by atoms with van der Waals surface area (Å²) in [6.45, 7) is 0.937. The van der Waals surface area contributed by atoms with E-state index in [-0.39, 0.29) is 5.95 Å². The molecule has 0 saturated carbocycles. The van der Waals surface area contributed by atoms with Crippen molar-refractivity contribution >= 4 is 22.6 Å². The number of nitrogens with two attached hydrogens (primary N) is 1. The van der Waals surface area contributed by atoms with Crippen molar-refractivity contribution in [3.05, 3.63) is 0 Å². The molecule has 0 unspecified atom stereocenters. The Labute approximate surface area is 100 Å². The molecule has 0 spiro atoms. The molecule has 17 heavy (non-hydrogen) atoms. The van der Waals surface area contributed by atoms with Crippen LogP contribution in [0.5, 0.6) is 0 Å². The molecule has 0 bridgehead atoms. The Kier molecular flexibility index (Phi) is 3.38. The minimum atomic E-state index is -4.13. The minimum absolute atomic E-state index is 0.211. The van der Waals surface area contributed by atoms with Gasteiger partial charge in [0.2, 0.25) is 11.1 Å². The first-order chi connectivity index (χ1) is 7.94. The number of hydrogen-bond donors (Lipinski definition) is 1. The summed E-state index contributed by atoms with van der Waals surface area (Å²) in [6, 6.07) is 0. The van der Waals surface area contributed by atoms with Crippen LogP contribution in [0.2, 0.25) is 0 Å². The zero-order valence-corrected chi connectivity index (χ0v) is 9.76. The molecule has 2 N–H and O–H groups in total. The van der Waals surface area contributed by atoms with E-state index in [1.807, 2.05) is 4.90 Å². The van der Waals surface area contributed by atoms with Crippen LogP contribution in [0, 0.1) is 0 Å². The van der Waals surface area contributed by atoms with Crippen LogP contribution in [0.1, 0.15) is 0 Å². The van der Waals surface area contributed by atoms with Gasteiger partial charge in [-0.2, -0.15) is 22.5 Å². The van der Waals surface area contributed by atoms with Crippen LogP contribution in [0.3, 0.4) is 0 Å². The van der Waals surface area contributed by atoms with E-state index in [4.69, 9.17) is 5.73 Å². The van der Waals surface area contributed by atoms with E-state index in [0.29, 0.717) is 31.3 Å². The Morgan fingerprint density at radius 3 is 2.35 bits per heavy atom. The maximum absolute atomic E-state index is 12.2. The molecule has 1 saturated heterocycles. The summed E-state index contributed by atoms with van der Waals surface area (Å²) in [5, 5.41) is 0.675. The molecular formula is C8H12F3N5S. The lowest BCUT2D eigenvalue weighted by Crippen LogP contribution is -2.49. The van der Waals surface area contributed by atoms with Crippen LogP contribution in [-0.4, -0.2) is 53.2 Å². The summed E-state index contributed by atoms with van der Waals surface area (Å²) in [4.78, 5) is 7.30. The van der Waals surface area contributed by atoms with E-state index in [1.54, 1.807) is 0 Å². The Hall–Kier alpha value is -1.09. The zero-order chi connectivity index (χ0) is 12.5. The molecule has 1 aliphatic rings. The maximum atomic E-state index is 12.2. The standard InChI is InChI=1S/C8H12F3N5S/c9-8(10,11)5-15-1-3-16(4-2-15)7-13-6(12)14-17-7/h1-5H2,(H2,12,14). The fraction of sp³-hybridized carbons (Fsp3) is 0.750. The van der Waals surface area contributed by atoms with Crippen molar-refractivity contribution in [2.75, 3.05) is 43.4 Å². The third kappa shape index (κ3) is 3.43. The molecule has 5 nitrogen and oxygen atoms in total. The lowest BCUT2D eigenvalue weighted by atomic mass is 10.3. The summed E-state index contributed by atoms with van der Waals surface area (Å²) < 4.78 is 40.4. The Morgan fingerprint density at radius 2 is 1.88 bits per heavy atom. The van der Waals surface area contributed by atoms with Crippen molar-refractivity contribution in [2.45, 2.75) is 6.18 Å². The quantitative estimate of drug-likeness (QED) is 0.859. The van der Waals surface area contributed by atoms with Crippen molar-refractivity contribution in [1.29, 1.82) is 0 Å². The fourth-order valence-corrected chi connectivity index (χ4v) is 2.35. The molecule has 0 aliphatic carbocycles. The van der Waals surface area contributed by atoms with Gasteiger partial charge < -0.3 is 10.6 Å². The lowest BCUT2D eigenvalue weighted by Gasteiger charge is -2.34. The number of rotatable bonds is 2. The molecule has 0 radical (unpaired) electrons. The van der Waals surface area contributed by atoms with Crippen LogP contribution < -0.4 is 10.6 Å². The molecule has 1 aromatic heterocycles. The summed E-state index contributed by atoms with van der Waals surface area (Å²) in [6.07, 6.45) is -4.13. The monoisotopic (exact) mass is 267 g/mol. The van der Waals surface area contributed by atoms with Crippen LogP contribution in [0.25, 0.3) is 0 Å². The Balaban J connectivity index is 1.86. The smallest absolute Gasteiger partial charge is 0.367 e. The highest BCUT2D eigenvalue weighted by molar-refractivity contribution is 7.09. The van der Waals surface area contributed by atoms with Crippen molar-refractivity contribution in [1.82, 2.24) is 14.3 Å². The predicted molar refractivity (Wildman–Crippen MR) is 59.0 cm³/mol. The second kappa shape index (κ2) is 4.65. The summed E-state index contributed by atoms with van der Waals surface area (Å²) >= 11 is 1.17. The number of nitrogens with zero attached hydrogens (tertiary/aromatic N) is 4. The van der Waals surface area contributed by atoms with Gasteiger partial charge in [0.05, 0.1) is 6.54 Å². The Bertz CT molecular complexity index is 371. The van der Waals surface area contributed by atoms with Crippen molar-refractivity contribution < 1.29 is 13.2 Å². The number of anilines is 2. The normalized spacial score (nSPS) is 18.6. The molecule has 0 aromatic carbocycles. The second-order valence-electron chi connectivity index (χ2n) is 3.81. The van der Waals surface area contributed by atoms with Gasteiger partial charge in [0.25, 0.3) is 0 Å². The van der Waals surface area contributed by atoms with Crippen molar-refractivity contribution in [2.24, 2.45) is 0 Å². The van der Waals surface area contributed by atoms with Crippen molar-refractivity contribution in [3.8, 4) is 0 Å². The number of nitrogen functional groups attached to an aromatic ring is 1. The summed E-state index contributed by atoms with van der Waals surface area (Å²) in [5.74, 6) is 0.211. The van der Waals surface area contributed by atoms with Gasteiger partial charge >= 0.3 is 6.18 Å². The minimum Gasteiger partial charge on any atom is -0.367 e. The average Bonchev–Trinajstić information content (AvgIpc) is 2.63. The van der Waals surface area contributed by atoms with E-state index in [0.717, 1.165) is 0 Å². The Morgan fingerprint density at radius 1 is 1.24 bits per heavy atom. The van der Waals surface area contributed by atoms with Crippen LogP contribution >= 0.6 is 11.5 Å². The molecular weight excluding hydrogens is 255 g/mol. The van der Waals surface area contributed by atoms with Gasteiger partial charge in [0, 0.05) is 37.7 Å². The lowest BCUT2D eigenvalue weighted by molar-refractivity contribution is -0.146. The highest BCUT2D eigenvalue weighted by Crippen LogP contribution is 2.21. The van der Waals surface area contributed by atoms with Gasteiger partial charge in [0.1, 0.15) is 0 Å². The third-order valence-corrected chi connectivity index (χ3v) is 3.27. The number of alkyl halides is 3. The van der Waals surface area contributed by atoms with Gasteiger partial charge in [-0.1, -0.05) is 0 Å². The van der Waals surface area contributed by atoms with E-state index >= 15 is 0 Å². The molecule has 2 heterocycles. The largest absolute Gasteiger partial charge is 0.401 e. The SMILES string of the molecule is Nc1nsc(N2CCN(CC(F)(F)F)CC2)n1. The molecule has 0 amide bonds. The van der Waals surface area contributed by atoms with E-state index < -0.39 is 12.7 Å². The second-order valence-corrected chi connectivity index (χ2v) is 4.54. The molecule has 1 fully saturated rings. The third-order valence-electron chi connectivity index (χ3n) is 2.48. The summed E-state index contributed by atoms with van der Waals surface area (Å²) in [7, 11) is 0. The molecule has 1 aromatic rings. The van der Waals surface area contributed by atoms with E-state index in [2.05, 4.69) is 9.36 Å². The number of piperazine rings is 1. The first kappa shape index (κ1) is 12.4. The van der Waals surface area contributed by atoms with Crippen LogP contribution in [-0.2, 0) is 0 Å².